The molecule has 9 aromatic rings. The van der Waals surface area contributed by atoms with Crippen molar-refractivity contribution in [2.24, 2.45) is 0 Å². The summed E-state index contributed by atoms with van der Waals surface area (Å²) in [5.41, 5.74) is 6.84. The van der Waals surface area contributed by atoms with Crippen molar-refractivity contribution < 1.29 is 19.0 Å². The van der Waals surface area contributed by atoms with Gasteiger partial charge in [-0.25, -0.2) is 29.9 Å². The van der Waals surface area contributed by atoms with Crippen molar-refractivity contribution in [3.63, 3.8) is 0 Å². The van der Waals surface area contributed by atoms with Crippen molar-refractivity contribution in [1.82, 2.24) is 39.9 Å². The van der Waals surface area contributed by atoms with Crippen LogP contribution in [0.25, 0.3) is 89.7 Å². The molecule has 0 saturated carbocycles. The molecule has 0 unspecified atom stereocenters. The number of benzene rings is 6. The van der Waals surface area contributed by atoms with E-state index in [2.05, 4.69) is 9.97 Å². The molecule has 3 aromatic heterocycles. The van der Waals surface area contributed by atoms with E-state index in [0.29, 0.717) is 84.1 Å². The van der Waals surface area contributed by atoms with Crippen molar-refractivity contribution in [1.29, 1.82) is 0 Å². The minimum absolute atomic E-state index is 0.296. The van der Waals surface area contributed by atoms with E-state index < -0.39 is 11.0 Å². The van der Waals surface area contributed by atoms with E-state index in [-0.39, 0.29) is 0 Å². The Morgan fingerprint density at radius 2 is 0.902 bits per heavy atom. The third-order valence-corrected chi connectivity index (χ3v) is 13.0. The molecule has 0 atom stereocenters. The van der Waals surface area contributed by atoms with E-state index in [4.69, 9.17) is 44.1 Å². The van der Waals surface area contributed by atoms with Gasteiger partial charge in [-0.15, -0.1) is 0 Å². The number of aromatic amines is 2. The van der Waals surface area contributed by atoms with Gasteiger partial charge in [0.15, 0.2) is 23.3 Å². The van der Waals surface area contributed by atoms with Crippen molar-refractivity contribution in [2.45, 2.75) is 5.04 Å². The number of methoxy groups -OCH3 is 2. The second-order valence-electron chi connectivity index (χ2n) is 14.9. The molecule has 2 aliphatic heterocycles. The quantitative estimate of drug-likeness (QED) is 0.0957. The normalized spacial score (nSPS) is 12.0. The molecule has 61 heavy (non-hydrogen) atoms. The first-order chi connectivity index (χ1) is 29.9. The Morgan fingerprint density at radius 1 is 0.492 bits per heavy atom. The zero-order valence-corrected chi connectivity index (χ0v) is 35.1. The number of nitrogens with one attached hydrogen (secondary N) is 2. The topological polar surface area (TPSA) is 154 Å². The fourth-order valence-electron chi connectivity index (χ4n) is 8.22. The van der Waals surface area contributed by atoms with Gasteiger partial charge in [-0.05, 0) is 41.5 Å². The Labute approximate surface area is 350 Å². The highest BCUT2D eigenvalue weighted by molar-refractivity contribution is 6.30. The fourth-order valence-corrected chi connectivity index (χ4v) is 8.94. The number of carbonyl (C=O) groups is 1. The van der Waals surface area contributed by atoms with Crippen LogP contribution >= 0.6 is 0 Å². The number of fused-ring (bicyclic) bond motifs is 20. The zero-order chi connectivity index (χ0) is 41.2. The first kappa shape index (κ1) is 36.1. The van der Waals surface area contributed by atoms with Gasteiger partial charge in [-0.2, -0.15) is 0 Å². The maximum absolute atomic E-state index is 15.0. The van der Waals surface area contributed by atoms with Gasteiger partial charge >= 0.3 is 5.97 Å². The monoisotopic (exact) mass is 814 g/mol. The second kappa shape index (κ2) is 14.1. The predicted molar refractivity (Wildman–Crippen MR) is 238 cm³/mol. The Bertz CT molecular complexity index is 3400. The van der Waals surface area contributed by atoms with Gasteiger partial charge in [0.25, 0.3) is 0 Å². The molecule has 2 aliphatic rings. The van der Waals surface area contributed by atoms with Crippen molar-refractivity contribution in [3.8, 4) is 62.8 Å². The standard InChI is InChI=1S/C48H34N8O4Si/c1-58-28-14-9-12-26(24-28)48(61,27-13-10-15-29(25-27)59-2)47(57)60-37-23-11-22-36-38(37)46-55-44-35-21-8-7-20-34(35)42(53-44)51-40-31-17-4-3-16-30(31)39(49-40)50-41-32-18-5-6-19-33(32)43(52-41)54-45(36)56-46/h3-25H,1-2,61H3,(H2,49,50,51,52,53,54,55,56). The lowest BCUT2D eigenvalue weighted by molar-refractivity contribution is -0.136. The molecular weight excluding hydrogens is 781 g/mol. The minimum atomic E-state index is -1.17. The van der Waals surface area contributed by atoms with Crippen LogP contribution in [0.1, 0.15) is 11.1 Å². The van der Waals surface area contributed by atoms with E-state index in [9.17, 15) is 0 Å². The van der Waals surface area contributed by atoms with E-state index in [1.807, 2.05) is 133 Å². The molecule has 5 heterocycles. The average molecular weight is 815 g/mol. The van der Waals surface area contributed by atoms with Gasteiger partial charge in [0, 0.05) is 48.7 Å². The number of aromatic nitrogens is 8. The molecule has 8 bridgehead atoms. The lowest BCUT2D eigenvalue weighted by Crippen LogP contribution is -2.41. The molecule has 11 rings (SSSR count). The third-order valence-electron chi connectivity index (χ3n) is 11.4. The molecule has 2 N–H and O–H groups in total. The molecule has 12 nitrogen and oxygen atoms in total. The Morgan fingerprint density at radius 3 is 1.39 bits per heavy atom. The van der Waals surface area contributed by atoms with E-state index in [1.54, 1.807) is 20.3 Å². The highest BCUT2D eigenvalue weighted by Gasteiger charge is 2.40. The Kier molecular flexibility index (Phi) is 8.32. The fraction of sp³-hybridized carbons (Fsp3) is 0.0625. The van der Waals surface area contributed by atoms with Gasteiger partial charge in [-0.1, -0.05) is 109 Å². The predicted octanol–water partition coefficient (Wildman–Crippen LogP) is 8.10. The summed E-state index contributed by atoms with van der Waals surface area (Å²) >= 11 is 0. The van der Waals surface area contributed by atoms with Crippen LogP contribution in [0.15, 0.2) is 140 Å². The smallest absolute Gasteiger partial charge is 0.322 e. The minimum Gasteiger partial charge on any atom is -0.497 e. The zero-order valence-electron chi connectivity index (χ0n) is 33.1. The number of rotatable bonds is 6. The number of hydrogen-bond donors (Lipinski definition) is 2. The van der Waals surface area contributed by atoms with Crippen LogP contribution in [0.2, 0.25) is 0 Å². The second-order valence-corrected chi connectivity index (χ2v) is 16.4. The highest BCUT2D eigenvalue weighted by Crippen LogP contribution is 2.40. The summed E-state index contributed by atoms with van der Waals surface area (Å²) in [5, 5.41) is 1.83. The molecular formula is C48H34N8O4Si. The first-order valence-corrected chi connectivity index (χ1v) is 20.6. The van der Waals surface area contributed by atoms with Crippen LogP contribution in [0, 0.1) is 0 Å². The molecule has 0 saturated heterocycles. The summed E-state index contributed by atoms with van der Waals surface area (Å²) in [4.78, 5) is 52.5. The molecule has 294 valence electrons. The maximum atomic E-state index is 15.0. The molecule has 13 heteroatoms. The summed E-state index contributed by atoms with van der Waals surface area (Å²) in [6, 6.07) is 44.3. The number of esters is 1. The van der Waals surface area contributed by atoms with Crippen molar-refractivity contribution >= 4 is 60.3 Å². The molecule has 0 radical (unpaired) electrons. The van der Waals surface area contributed by atoms with Crippen molar-refractivity contribution in [3.05, 3.63) is 151 Å². The van der Waals surface area contributed by atoms with Crippen LogP contribution in [0.3, 0.4) is 0 Å². The summed E-state index contributed by atoms with van der Waals surface area (Å²) in [7, 11) is 3.55. The van der Waals surface area contributed by atoms with E-state index >= 15 is 4.79 Å². The van der Waals surface area contributed by atoms with E-state index in [1.165, 1.54) is 0 Å². The summed E-state index contributed by atoms with van der Waals surface area (Å²) in [5.74, 6) is 2.97. The van der Waals surface area contributed by atoms with Gasteiger partial charge in [-0.3, -0.25) is 4.79 Å². The van der Waals surface area contributed by atoms with Gasteiger partial charge in [0.05, 0.1) is 24.6 Å². The molecule has 0 spiro atoms. The molecule has 0 amide bonds. The molecule has 6 aromatic carbocycles. The summed E-state index contributed by atoms with van der Waals surface area (Å²) in [6.45, 7) is 0. The molecule has 0 aliphatic carbocycles. The largest absolute Gasteiger partial charge is 0.497 e. The number of carbonyl (C=O) groups excluding carboxylic acids is 1. The van der Waals surface area contributed by atoms with Gasteiger partial charge < -0.3 is 24.2 Å². The maximum Gasteiger partial charge on any atom is 0.322 e. The van der Waals surface area contributed by atoms with Crippen LogP contribution in [-0.2, 0) is 9.83 Å². The van der Waals surface area contributed by atoms with Crippen LogP contribution in [-0.4, -0.2) is 70.3 Å². The number of ether oxygens (including phenoxy) is 3. The van der Waals surface area contributed by atoms with Crippen LogP contribution in [0.5, 0.6) is 17.2 Å². The van der Waals surface area contributed by atoms with Gasteiger partial charge in [0.1, 0.15) is 39.8 Å². The number of hydrogen-bond acceptors (Lipinski definition) is 10. The lowest BCUT2D eigenvalue weighted by Gasteiger charge is -2.29. The number of nitrogens with zero attached hydrogens (tertiary/aromatic N) is 6. The van der Waals surface area contributed by atoms with Crippen molar-refractivity contribution in [2.75, 3.05) is 14.2 Å². The Hall–Kier alpha value is -8.03. The summed E-state index contributed by atoms with van der Waals surface area (Å²) in [6.07, 6.45) is 0. The van der Waals surface area contributed by atoms with Crippen LogP contribution in [0.4, 0.5) is 0 Å². The molecule has 0 fully saturated rings. The average Bonchev–Trinajstić information content (AvgIpc) is 4.05. The number of H-pyrrole nitrogens is 2. The lowest BCUT2D eigenvalue weighted by atomic mass is 9.89. The van der Waals surface area contributed by atoms with Gasteiger partial charge in [0.2, 0.25) is 0 Å². The third kappa shape index (κ3) is 5.85. The Balaban J connectivity index is 1.19. The first-order valence-electron chi connectivity index (χ1n) is 19.6. The highest BCUT2D eigenvalue weighted by atomic mass is 28.1. The van der Waals surface area contributed by atoms with E-state index in [0.717, 1.165) is 44.2 Å². The summed E-state index contributed by atoms with van der Waals surface area (Å²) < 4.78 is 17.8. The van der Waals surface area contributed by atoms with Crippen LogP contribution < -0.4 is 14.2 Å². The SMILES string of the molecule is COc1cccc(C([SiH3])(C(=O)Oc2cccc3c4nc5nc(nc6[nH]c(nc7nc(nc([nH]4)c23)-c2ccccc2-7)c2ccccc62)-c2ccccc2-5)c2cccc(OC)c2)c1.